The first-order valence-corrected chi connectivity index (χ1v) is 10.5. The maximum Gasteiger partial charge on any atom is 0.230 e. The molecular formula is C19H25ClN4OS2. The average Bonchev–Trinajstić information content (AvgIpc) is 3.03. The van der Waals surface area contributed by atoms with Gasteiger partial charge < -0.3 is 10.6 Å². The number of nitrogens with one attached hydrogen (secondary N) is 2. The largest absolute Gasteiger partial charge is 0.360 e. The molecule has 1 aromatic heterocycles. The van der Waals surface area contributed by atoms with Gasteiger partial charge in [-0.1, -0.05) is 24.6 Å². The van der Waals surface area contributed by atoms with Crippen LogP contribution in [0, 0.1) is 13.8 Å². The van der Waals surface area contributed by atoms with E-state index in [0.29, 0.717) is 33.5 Å². The van der Waals surface area contributed by atoms with Gasteiger partial charge in [-0.25, -0.2) is 4.98 Å². The zero-order valence-corrected chi connectivity index (χ0v) is 18.6. The molecule has 146 valence electrons. The third-order valence-electron chi connectivity index (χ3n) is 4.09. The van der Waals surface area contributed by atoms with Crippen LogP contribution in [0.5, 0.6) is 0 Å². The number of carbonyl (C=O) groups excluding carboxylic acids is 1. The van der Waals surface area contributed by atoms with E-state index in [0.717, 1.165) is 23.2 Å². The Hall–Kier alpha value is -1.70. The summed E-state index contributed by atoms with van der Waals surface area (Å²) in [6, 6.07) is 4.18. The van der Waals surface area contributed by atoms with Gasteiger partial charge >= 0.3 is 0 Å². The normalized spacial score (nSPS) is 11.8. The molecule has 0 saturated heterocycles. The maximum absolute atomic E-state index is 12.4. The summed E-state index contributed by atoms with van der Waals surface area (Å²) in [7, 11) is 0. The van der Waals surface area contributed by atoms with Crippen LogP contribution in [0.15, 0.2) is 17.5 Å². The highest BCUT2D eigenvalue weighted by atomic mass is 35.5. The summed E-state index contributed by atoms with van der Waals surface area (Å²) in [6.07, 6.45) is 0.993. The van der Waals surface area contributed by atoms with Crippen LogP contribution in [-0.2, 0) is 11.3 Å². The Morgan fingerprint density at radius 3 is 2.70 bits per heavy atom. The average molecular weight is 425 g/mol. The Kier molecular flexibility index (Phi) is 7.59. The Morgan fingerprint density at radius 1 is 1.41 bits per heavy atom. The molecule has 2 rings (SSSR count). The van der Waals surface area contributed by atoms with Gasteiger partial charge in [0.05, 0.1) is 22.9 Å². The van der Waals surface area contributed by atoms with E-state index >= 15 is 0 Å². The highest BCUT2D eigenvalue weighted by molar-refractivity contribution is 7.80. The van der Waals surface area contributed by atoms with E-state index in [9.17, 15) is 4.79 Å². The molecule has 2 aromatic rings. The molecule has 1 amide bonds. The van der Waals surface area contributed by atoms with E-state index in [-0.39, 0.29) is 5.91 Å². The lowest BCUT2D eigenvalue weighted by molar-refractivity contribution is -0.115. The van der Waals surface area contributed by atoms with E-state index in [1.54, 1.807) is 4.90 Å². The molecule has 0 aliphatic rings. The highest BCUT2D eigenvalue weighted by Crippen LogP contribution is 2.37. The molecule has 1 heterocycles. The van der Waals surface area contributed by atoms with Crippen molar-refractivity contribution in [2.24, 2.45) is 0 Å². The van der Waals surface area contributed by atoms with Crippen molar-refractivity contribution in [1.82, 2.24) is 15.6 Å². The van der Waals surface area contributed by atoms with Crippen LogP contribution in [0.3, 0.4) is 0 Å². The number of carbonyl (C=O) groups is 1. The molecule has 0 aliphatic carbocycles. The van der Waals surface area contributed by atoms with Crippen molar-refractivity contribution in [3.05, 3.63) is 39.4 Å². The molecule has 27 heavy (non-hydrogen) atoms. The SMILES string of the molecule is CC[C@H](C)NC(=S)NCc1csc(N(C(C)=O)c2c(C)cc(C)cc2Cl)n1. The smallest absolute Gasteiger partial charge is 0.230 e. The number of benzene rings is 1. The monoisotopic (exact) mass is 424 g/mol. The molecule has 0 radical (unpaired) electrons. The number of nitrogens with zero attached hydrogens (tertiary/aromatic N) is 2. The van der Waals surface area contributed by atoms with Crippen molar-refractivity contribution in [2.45, 2.75) is 53.6 Å². The van der Waals surface area contributed by atoms with Gasteiger partial charge in [-0.15, -0.1) is 11.3 Å². The molecule has 0 unspecified atom stereocenters. The number of aryl methyl sites for hydroxylation is 2. The van der Waals surface area contributed by atoms with Crippen molar-refractivity contribution in [3.8, 4) is 0 Å². The lowest BCUT2D eigenvalue weighted by atomic mass is 10.1. The van der Waals surface area contributed by atoms with Crippen molar-refractivity contribution >= 4 is 57.0 Å². The van der Waals surface area contributed by atoms with E-state index < -0.39 is 0 Å². The second-order valence-corrected chi connectivity index (χ2v) is 8.18. The minimum absolute atomic E-state index is 0.133. The number of thiocarbonyl (C=S) groups is 1. The van der Waals surface area contributed by atoms with Crippen LogP contribution in [0.1, 0.15) is 44.0 Å². The fraction of sp³-hybridized carbons (Fsp3) is 0.421. The van der Waals surface area contributed by atoms with Gasteiger partial charge in [-0.3, -0.25) is 9.69 Å². The van der Waals surface area contributed by atoms with Crippen LogP contribution >= 0.6 is 35.2 Å². The fourth-order valence-electron chi connectivity index (χ4n) is 2.61. The second-order valence-electron chi connectivity index (χ2n) is 6.52. The van der Waals surface area contributed by atoms with E-state index in [1.165, 1.54) is 18.3 Å². The van der Waals surface area contributed by atoms with Gasteiger partial charge in [0.25, 0.3) is 0 Å². The molecule has 0 saturated carbocycles. The van der Waals surface area contributed by atoms with Crippen molar-refractivity contribution in [1.29, 1.82) is 0 Å². The molecular weight excluding hydrogens is 400 g/mol. The minimum Gasteiger partial charge on any atom is -0.360 e. The van der Waals surface area contributed by atoms with E-state index in [1.807, 2.05) is 31.4 Å². The number of amides is 1. The standard InChI is InChI=1S/C19H25ClN4OS2/c1-6-13(4)22-18(26)21-9-15-10-27-19(23-15)24(14(5)25)17-12(3)7-11(2)8-16(17)20/h7-8,10,13H,6,9H2,1-5H3,(H2,21,22,26)/t13-/m0/s1. The summed E-state index contributed by atoms with van der Waals surface area (Å²) in [5.41, 5.74) is 3.48. The van der Waals surface area contributed by atoms with Gasteiger partial charge in [0, 0.05) is 18.3 Å². The summed E-state index contributed by atoms with van der Waals surface area (Å²) in [4.78, 5) is 18.5. The number of thiazole rings is 1. The molecule has 0 fully saturated rings. The predicted molar refractivity (Wildman–Crippen MR) is 118 cm³/mol. The molecule has 0 aliphatic heterocycles. The second kappa shape index (κ2) is 9.48. The van der Waals surface area contributed by atoms with E-state index in [2.05, 4.69) is 29.5 Å². The van der Waals surface area contributed by atoms with Crippen LogP contribution in [0.2, 0.25) is 5.02 Å². The lowest BCUT2D eigenvalue weighted by Crippen LogP contribution is -2.39. The van der Waals surface area contributed by atoms with Gasteiger partial charge in [-0.05, 0) is 56.6 Å². The zero-order valence-electron chi connectivity index (χ0n) is 16.2. The molecule has 0 bridgehead atoms. The number of rotatable bonds is 6. The van der Waals surface area contributed by atoms with Crippen LogP contribution in [0.4, 0.5) is 10.8 Å². The predicted octanol–water partition coefficient (Wildman–Crippen LogP) is 4.86. The third-order valence-corrected chi connectivity index (χ3v) is 5.51. The Labute approximate surface area is 175 Å². The molecule has 0 spiro atoms. The number of anilines is 2. The number of hydrogen-bond acceptors (Lipinski definition) is 4. The van der Waals surface area contributed by atoms with Crippen LogP contribution < -0.4 is 15.5 Å². The lowest BCUT2D eigenvalue weighted by Gasteiger charge is -2.22. The maximum atomic E-state index is 12.4. The molecule has 2 N–H and O–H groups in total. The first-order valence-electron chi connectivity index (χ1n) is 8.79. The fourth-order valence-corrected chi connectivity index (χ4v) is 4.16. The minimum atomic E-state index is -0.133. The third kappa shape index (κ3) is 5.64. The first-order chi connectivity index (χ1) is 12.7. The van der Waals surface area contributed by atoms with Gasteiger partial charge in [0.1, 0.15) is 0 Å². The Bertz CT molecular complexity index is 814. The van der Waals surface area contributed by atoms with E-state index in [4.69, 9.17) is 23.8 Å². The Balaban J connectivity index is 2.19. The summed E-state index contributed by atoms with van der Waals surface area (Å²) < 4.78 is 0. The molecule has 1 aromatic carbocycles. The molecule has 8 heteroatoms. The summed E-state index contributed by atoms with van der Waals surface area (Å²) in [5, 5.41) is 10.0. The number of hydrogen-bond donors (Lipinski definition) is 2. The highest BCUT2D eigenvalue weighted by Gasteiger charge is 2.22. The summed E-state index contributed by atoms with van der Waals surface area (Å²) in [5.74, 6) is -0.133. The topological polar surface area (TPSA) is 57.3 Å². The van der Waals surface area contributed by atoms with Gasteiger partial charge in [-0.2, -0.15) is 0 Å². The van der Waals surface area contributed by atoms with Gasteiger partial charge in [0.15, 0.2) is 10.2 Å². The summed E-state index contributed by atoms with van der Waals surface area (Å²) in [6.45, 7) is 10.1. The number of halogens is 1. The summed E-state index contributed by atoms with van der Waals surface area (Å²) >= 11 is 13.1. The van der Waals surface area contributed by atoms with Crippen molar-refractivity contribution in [3.63, 3.8) is 0 Å². The van der Waals surface area contributed by atoms with Crippen molar-refractivity contribution in [2.75, 3.05) is 4.90 Å². The zero-order chi connectivity index (χ0) is 20.1. The van der Waals surface area contributed by atoms with Gasteiger partial charge in [0.2, 0.25) is 5.91 Å². The Morgan fingerprint density at radius 2 is 2.11 bits per heavy atom. The van der Waals surface area contributed by atoms with Crippen LogP contribution in [0.25, 0.3) is 0 Å². The molecule has 5 nitrogen and oxygen atoms in total. The van der Waals surface area contributed by atoms with Crippen molar-refractivity contribution < 1.29 is 4.79 Å². The first kappa shape index (κ1) is 21.6. The quantitative estimate of drug-likeness (QED) is 0.648. The van der Waals surface area contributed by atoms with Crippen LogP contribution in [-0.4, -0.2) is 22.0 Å². The number of aromatic nitrogens is 1. The molecule has 1 atom stereocenters.